The predicted octanol–water partition coefficient (Wildman–Crippen LogP) is 0.392. The Hall–Kier alpha value is -1.57. The van der Waals surface area contributed by atoms with E-state index in [0.717, 1.165) is 0 Å². The summed E-state index contributed by atoms with van der Waals surface area (Å²) < 4.78 is 47.6. The highest BCUT2D eigenvalue weighted by Gasteiger charge is 2.33. The number of hydrogen-bond donors (Lipinski definition) is 0. The quantitative estimate of drug-likeness (QED) is 0.769. The summed E-state index contributed by atoms with van der Waals surface area (Å²) in [5.74, 6) is -0.492. The molecule has 0 amide bonds. The number of benzene rings is 1. The summed E-state index contributed by atoms with van der Waals surface area (Å²) in [6.45, 7) is 3.79. The smallest absolute Gasteiger partial charge is 0.282 e. The molecule has 0 unspecified atom stereocenters. The first-order valence-electron chi connectivity index (χ1n) is 8.25. The first kappa shape index (κ1) is 18.2. The van der Waals surface area contributed by atoms with Crippen LogP contribution in [0.3, 0.4) is 0 Å². The standard InChI is InChI=1S/C16H21FN4O3S/c17-16-14(12-18)2-1-3-15(16)13-19-4-6-20(7-5-19)25(22,23)21-8-10-24-11-9-21/h1-3H,4-11,13H2. The Morgan fingerprint density at radius 3 is 2.36 bits per heavy atom. The zero-order valence-corrected chi connectivity index (χ0v) is 14.7. The number of piperazine rings is 1. The van der Waals surface area contributed by atoms with Crippen molar-refractivity contribution in [3.05, 3.63) is 35.1 Å². The van der Waals surface area contributed by atoms with Gasteiger partial charge in [0, 0.05) is 51.4 Å². The Kier molecular flexibility index (Phi) is 5.66. The second kappa shape index (κ2) is 7.76. The molecule has 2 heterocycles. The molecule has 2 aliphatic heterocycles. The molecule has 0 N–H and O–H groups in total. The molecule has 9 heteroatoms. The van der Waals surface area contributed by atoms with Crippen molar-refractivity contribution in [2.75, 3.05) is 52.5 Å². The van der Waals surface area contributed by atoms with Crippen molar-refractivity contribution in [2.24, 2.45) is 0 Å². The van der Waals surface area contributed by atoms with Gasteiger partial charge in [0.15, 0.2) is 0 Å². The molecule has 136 valence electrons. The molecule has 1 aromatic carbocycles. The maximum absolute atomic E-state index is 14.2. The zero-order chi connectivity index (χ0) is 17.9. The average Bonchev–Trinajstić information content (AvgIpc) is 2.65. The molecule has 0 radical (unpaired) electrons. The van der Waals surface area contributed by atoms with Gasteiger partial charge in [-0.25, -0.2) is 4.39 Å². The van der Waals surface area contributed by atoms with E-state index in [-0.39, 0.29) is 5.56 Å². The van der Waals surface area contributed by atoms with Gasteiger partial charge in [-0.05, 0) is 6.07 Å². The molecule has 0 aromatic heterocycles. The molecule has 0 aliphatic carbocycles. The van der Waals surface area contributed by atoms with E-state index < -0.39 is 16.0 Å². The Morgan fingerprint density at radius 1 is 1.08 bits per heavy atom. The minimum absolute atomic E-state index is 0.0334. The molecule has 25 heavy (non-hydrogen) atoms. The minimum Gasteiger partial charge on any atom is -0.379 e. The Morgan fingerprint density at radius 2 is 1.72 bits per heavy atom. The van der Waals surface area contributed by atoms with Gasteiger partial charge in [-0.2, -0.15) is 22.3 Å². The third-order valence-electron chi connectivity index (χ3n) is 4.55. The maximum atomic E-state index is 14.2. The summed E-state index contributed by atoms with van der Waals surface area (Å²) in [6, 6.07) is 6.61. The third-order valence-corrected chi connectivity index (χ3v) is 6.58. The van der Waals surface area contributed by atoms with Crippen LogP contribution in [-0.2, 0) is 21.5 Å². The first-order valence-corrected chi connectivity index (χ1v) is 9.65. The molecule has 2 saturated heterocycles. The van der Waals surface area contributed by atoms with Crippen molar-refractivity contribution in [3.8, 4) is 6.07 Å². The fourth-order valence-corrected chi connectivity index (χ4v) is 4.65. The molecule has 7 nitrogen and oxygen atoms in total. The molecular formula is C16H21FN4O3S. The van der Waals surface area contributed by atoms with Gasteiger partial charge >= 0.3 is 0 Å². The van der Waals surface area contributed by atoms with Gasteiger partial charge in [-0.3, -0.25) is 4.90 Å². The lowest BCUT2D eigenvalue weighted by molar-refractivity contribution is 0.0683. The van der Waals surface area contributed by atoms with Crippen molar-refractivity contribution in [2.45, 2.75) is 6.54 Å². The number of halogens is 1. The highest BCUT2D eigenvalue weighted by Crippen LogP contribution is 2.18. The Labute approximate surface area is 147 Å². The van der Waals surface area contributed by atoms with Crippen LogP contribution in [0.5, 0.6) is 0 Å². The van der Waals surface area contributed by atoms with Crippen LogP contribution >= 0.6 is 0 Å². The first-order chi connectivity index (χ1) is 12.0. The van der Waals surface area contributed by atoms with E-state index in [1.807, 2.05) is 11.0 Å². The molecular weight excluding hydrogens is 347 g/mol. The number of ether oxygens (including phenoxy) is 1. The third kappa shape index (κ3) is 3.99. The SMILES string of the molecule is N#Cc1cccc(CN2CCN(S(=O)(=O)N3CCOCC3)CC2)c1F. The highest BCUT2D eigenvalue weighted by molar-refractivity contribution is 7.86. The van der Waals surface area contributed by atoms with E-state index in [2.05, 4.69) is 0 Å². The van der Waals surface area contributed by atoms with Gasteiger partial charge in [0.25, 0.3) is 10.2 Å². The fraction of sp³-hybridized carbons (Fsp3) is 0.562. The number of nitriles is 1. The monoisotopic (exact) mass is 368 g/mol. The summed E-state index contributed by atoms with van der Waals surface area (Å²) >= 11 is 0. The van der Waals surface area contributed by atoms with E-state index in [1.54, 1.807) is 12.1 Å². The van der Waals surface area contributed by atoms with Gasteiger partial charge in [-0.1, -0.05) is 12.1 Å². The Balaban J connectivity index is 1.60. The summed E-state index contributed by atoms with van der Waals surface area (Å²) in [5, 5.41) is 8.91. The highest BCUT2D eigenvalue weighted by atomic mass is 32.2. The second-order valence-electron chi connectivity index (χ2n) is 6.08. The van der Waals surface area contributed by atoms with Crippen LogP contribution in [0.15, 0.2) is 18.2 Å². The average molecular weight is 368 g/mol. The summed E-state index contributed by atoms with van der Waals surface area (Å²) in [6.07, 6.45) is 0. The molecule has 3 rings (SSSR count). The molecule has 2 fully saturated rings. The molecule has 0 saturated carbocycles. The van der Waals surface area contributed by atoms with Crippen LogP contribution < -0.4 is 0 Å². The number of hydrogen-bond acceptors (Lipinski definition) is 5. The van der Waals surface area contributed by atoms with Crippen LogP contribution in [0.25, 0.3) is 0 Å². The van der Waals surface area contributed by atoms with Crippen LogP contribution in [0.4, 0.5) is 4.39 Å². The largest absolute Gasteiger partial charge is 0.379 e. The number of morpholine rings is 1. The van der Waals surface area contributed by atoms with E-state index in [1.165, 1.54) is 14.7 Å². The topological polar surface area (TPSA) is 76.9 Å². The van der Waals surface area contributed by atoms with Crippen molar-refractivity contribution < 1.29 is 17.5 Å². The normalized spacial score (nSPS) is 21.1. The van der Waals surface area contributed by atoms with Gasteiger partial charge in [0.05, 0.1) is 18.8 Å². The lowest BCUT2D eigenvalue weighted by atomic mass is 10.1. The molecule has 0 atom stereocenters. The van der Waals surface area contributed by atoms with Crippen molar-refractivity contribution in [1.29, 1.82) is 5.26 Å². The van der Waals surface area contributed by atoms with Crippen LogP contribution in [0.1, 0.15) is 11.1 Å². The summed E-state index contributed by atoms with van der Waals surface area (Å²) in [5.41, 5.74) is 0.495. The lowest BCUT2D eigenvalue weighted by Crippen LogP contribution is -2.54. The van der Waals surface area contributed by atoms with Crippen molar-refractivity contribution >= 4 is 10.2 Å². The summed E-state index contributed by atoms with van der Waals surface area (Å²) in [4.78, 5) is 2.00. The molecule has 1 aromatic rings. The van der Waals surface area contributed by atoms with Gasteiger partial charge in [0.1, 0.15) is 11.9 Å². The minimum atomic E-state index is -3.46. The van der Waals surface area contributed by atoms with Crippen molar-refractivity contribution in [1.82, 2.24) is 13.5 Å². The Bertz CT molecular complexity index is 751. The van der Waals surface area contributed by atoms with Gasteiger partial charge in [0.2, 0.25) is 0 Å². The maximum Gasteiger partial charge on any atom is 0.282 e. The van der Waals surface area contributed by atoms with Crippen LogP contribution in [0.2, 0.25) is 0 Å². The molecule has 0 bridgehead atoms. The van der Waals surface area contributed by atoms with E-state index >= 15 is 0 Å². The fourth-order valence-electron chi connectivity index (χ4n) is 3.09. The van der Waals surface area contributed by atoms with E-state index in [0.29, 0.717) is 64.6 Å². The van der Waals surface area contributed by atoms with Crippen LogP contribution in [0, 0.1) is 17.1 Å². The zero-order valence-electron chi connectivity index (χ0n) is 13.9. The van der Waals surface area contributed by atoms with Crippen molar-refractivity contribution in [3.63, 3.8) is 0 Å². The predicted molar refractivity (Wildman–Crippen MR) is 89.3 cm³/mol. The number of rotatable bonds is 4. The van der Waals surface area contributed by atoms with Crippen LogP contribution in [-0.4, -0.2) is 74.4 Å². The molecule has 2 aliphatic rings. The summed E-state index contributed by atoms with van der Waals surface area (Å²) in [7, 11) is -3.46. The molecule has 0 spiro atoms. The van der Waals surface area contributed by atoms with Gasteiger partial charge < -0.3 is 4.74 Å². The lowest BCUT2D eigenvalue weighted by Gasteiger charge is -2.37. The van der Waals surface area contributed by atoms with Gasteiger partial charge in [-0.15, -0.1) is 0 Å². The number of nitrogens with zero attached hydrogens (tertiary/aromatic N) is 4. The second-order valence-corrected chi connectivity index (χ2v) is 8.01. The van der Waals surface area contributed by atoms with E-state index in [4.69, 9.17) is 10.00 Å². The van der Waals surface area contributed by atoms with E-state index in [9.17, 15) is 12.8 Å².